The van der Waals surface area contributed by atoms with E-state index in [4.69, 9.17) is 10.8 Å². The Bertz CT molecular complexity index is 279. The first-order valence-corrected chi connectivity index (χ1v) is 4.82. The number of nitrogens with one attached hydrogen (secondary N) is 1. The second-order valence-corrected chi connectivity index (χ2v) is 3.19. The topological polar surface area (TPSA) is 119 Å². The monoisotopic (exact) mass is 232 g/mol. The lowest BCUT2D eigenvalue weighted by Crippen LogP contribution is -2.48. The van der Waals surface area contributed by atoms with Crippen LogP contribution in [0.5, 0.6) is 0 Å². The van der Waals surface area contributed by atoms with Crippen molar-refractivity contribution >= 4 is 17.8 Å². The molecule has 0 saturated carbocycles. The van der Waals surface area contributed by atoms with E-state index in [1.54, 1.807) is 6.92 Å². The van der Waals surface area contributed by atoms with Crippen molar-refractivity contribution in [3.05, 3.63) is 0 Å². The van der Waals surface area contributed by atoms with Gasteiger partial charge in [0.1, 0.15) is 6.04 Å². The third-order valence-electron chi connectivity index (χ3n) is 1.73. The van der Waals surface area contributed by atoms with Gasteiger partial charge in [0, 0.05) is 0 Å². The van der Waals surface area contributed by atoms with Gasteiger partial charge in [-0.25, -0.2) is 4.79 Å². The van der Waals surface area contributed by atoms with Crippen molar-refractivity contribution < 1.29 is 24.2 Å². The van der Waals surface area contributed by atoms with Crippen LogP contribution in [0, 0.1) is 0 Å². The number of carbonyl (C=O) groups excluding carboxylic acids is 2. The summed E-state index contributed by atoms with van der Waals surface area (Å²) in [5, 5.41) is 10.7. The maximum absolute atomic E-state index is 11.3. The van der Waals surface area contributed by atoms with Gasteiger partial charge in [0.25, 0.3) is 0 Å². The molecule has 0 fully saturated rings. The first-order valence-electron chi connectivity index (χ1n) is 4.82. The Morgan fingerprint density at radius 3 is 2.44 bits per heavy atom. The maximum atomic E-state index is 11.3. The van der Waals surface area contributed by atoms with Gasteiger partial charge in [0.2, 0.25) is 5.91 Å². The zero-order valence-corrected chi connectivity index (χ0v) is 9.23. The Hall–Kier alpha value is -1.63. The number of carboxylic acids is 1. The van der Waals surface area contributed by atoms with Crippen LogP contribution in [-0.4, -0.2) is 41.6 Å². The van der Waals surface area contributed by atoms with Crippen LogP contribution >= 0.6 is 0 Å². The van der Waals surface area contributed by atoms with Gasteiger partial charge in [-0.1, -0.05) is 0 Å². The Kier molecular flexibility index (Phi) is 6.09. The molecule has 2 unspecified atom stereocenters. The summed E-state index contributed by atoms with van der Waals surface area (Å²) >= 11 is 0. The molecule has 0 heterocycles. The predicted molar refractivity (Wildman–Crippen MR) is 54.5 cm³/mol. The third-order valence-corrected chi connectivity index (χ3v) is 1.73. The van der Waals surface area contributed by atoms with E-state index in [2.05, 4.69) is 10.1 Å². The van der Waals surface area contributed by atoms with Crippen molar-refractivity contribution in [1.82, 2.24) is 5.32 Å². The number of esters is 1. The third kappa shape index (κ3) is 5.30. The lowest BCUT2D eigenvalue weighted by atomic mass is 10.2. The molecule has 0 aromatic carbocycles. The minimum Gasteiger partial charge on any atom is -0.481 e. The molecule has 4 N–H and O–H groups in total. The summed E-state index contributed by atoms with van der Waals surface area (Å²) in [6.45, 7) is 3.28. The van der Waals surface area contributed by atoms with Gasteiger partial charge in [-0.05, 0) is 13.8 Å². The molecule has 0 saturated heterocycles. The van der Waals surface area contributed by atoms with Crippen molar-refractivity contribution in [2.24, 2.45) is 5.73 Å². The molecular weight excluding hydrogens is 216 g/mol. The largest absolute Gasteiger partial charge is 0.481 e. The molecule has 0 bridgehead atoms. The van der Waals surface area contributed by atoms with Crippen LogP contribution in [-0.2, 0) is 19.1 Å². The molecule has 0 aromatic heterocycles. The van der Waals surface area contributed by atoms with E-state index in [0.717, 1.165) is 0 Å². The second kappa shape index (κ2) is 6.78. The lowest BCUT2D eigenvalue weighted by molar-refractivity contribution is -0.147. The van der Waals surface area contributed by atoms with Crippen molar-refractivity contribution in [2.75, 3.05) is 6.61 Å². The molecule has 92 valence electrons. The van der Waals surface area contributed by atoms with E-state index in [0.29, 0.717) is 0 Å². The number of nitrogens with two attached hydrogens (primary N) is 1. The average molecular weight is 232 g/mol. The molecule has 16 heavy (non-hydrogen) atoms. The summed E-state index contributed by atoms with van der Waals surface area (Å²) in [6, 6.07) is -2.01. The molecule has 0 radical (unpaired) electrons. The fourth-order valence-corrected chi connectivity index (χ4v) is 0.927. The first-order chi connectivity index (χ1) is 7.38. The highest BCUT2D eigenvalue weighted by Crippen LogP contribution is 1.92. The molecule has 7 nitrogen and oxygen atoms in total. The first kappa shape index (κ1) is 14.4. The van der Waals surface area contributed by atoms with Gasteiger partial charge in [0.15, 0.2) is 0 Å². The summed E-state index contributed by atoms with van der Waals surface area (Å²) in [5.41, 5.74) is 5.30. The minimum absolute atomic E-state index is 0.209. The molecule has 0 aliphatic rings. The van der Waals surface area contributed by atoms with Crippen LogP contribution in [0.25, 0.3) is 0 Å². The van der Waals surface area contributed by atoms with Crippen LogP contribution in [0.4, 0.5) is 0 Å². The number of rotatable bonds is 6. The van der Waals surface area contributed by atoms with E-state index < -0.39 is 36.4 Å². The Balaban J connectivity index is 4.12. The highest BCUT2D eigenvalue weighted by Gasteiger charge is 2.22. The number of carbonyl (C=O) groups is 3. The summed E-state index contributed by atoms with van der Waals surface area (Å²) in [5.74, 6) is -2.45. The molecule has 2 atom stereocenters. The molecular formula is C9H16N2O5. The normalized spacial score (nSPS) is 13.7. The summed E-state index contributed by atoms with van der Waals surface area (Å²) in [6.07, 6.45) is -0.485. The average Bonchev–Trinajstić information content (AvgIpc) is 2.16. The van der Waals surface area contributed by atoms with Crippen molar-refractivity contribution in [3.63, 3.8) is 0 Å². The van der Waals surface area contributed by atoms with E-state index in [1.807, 2.05) is 0 Å². The summed E-state index contributed by atoms with van der Waals surface area (Å²) < 4.78 is 4.65. The van der Waals surface area contributed by atoms with E-state index >= 15 is 0 Å². The Morgan fingerprint density at radius 2 is 2.00 bits per heavy atom. The van der Waals surface area contributed by atoms with Crippen molar-refractivity contribution in [3.8, 4) is 0 Å². The number of hydrogen-bond donors (Lipinski definition) is 3. The Morgan fingerprint density at radius 1 is 1.44 bits per heavy atom. The second-order valence-electron chi connectivity index (χ2n) is 3.19. The highest BCUT2D eigenvalue weighted by molar-refractivity contribution is 5.89. The smallest absolute Gasteiger partial charge is 0.328 e. The number of hydrogen-bond acceptors (Lipinski definition) is 5. The van der Waals surface area contributed by atoms with E-state index in [9.17, 15) is 14.4 Å². The zero-order valence-electron chi connectivity index (χ0n) is 9.23. The van der Waals surface area contributed by atoms with Gasteiger partial charge < -0.3 is 20.9 Å². The molecule has 0 aliphatic carbocycles. The molecule has 0 rings (SSSR count). The molecule has 0 spiro atoms. The molecule has 0 aliphatic heterocycles. The zero-order chi connectivity index (χ0) is 12.7. The van der Waals surface area contributed by atoms with Crippen LogP contribution < -0.4 is 11.1 Å². The number of carboxylic acid groups (broad SMARTS) is 1. The van der Waals surface area contributed by atoms with Crippen molar-refractivity contribution in [2.45, 2.75) is 32.4 Å². The van der Waals surface area contributed by atoms with Gasteiger partial charge in [0.05, 0.1) is 19.1 Å². The van der Waals surface area contributed by atoms with Crippen LogP contribution in [0.15, 0.2) is 0 Å². The van der Waals surface area contributed by atoms with Gasteiger partial charge in [-0.3, -0.25) is 9.59 Å². The summed E-state index contributed by atoms with van der Waals surface area (Å²) in [4.78, 5) is 32.7. The van der Waals surface area contributed by atoms with E-state index in [-0.39, 0.29) is 6.61 Å². The van der Waals surface area contributed by atoms with Crippen molar-refractivity contribution in [1.29, 1.82) is 0 Å². The molecule has 0 aromatic rings. The minimum atomic E-state index is -1.17. The van der Waals surface area contributed by atoms with E-state index in [1.165, 1.54) is 6.92 Å². The number of aliphatic carboxylic acids is 1. The van der Waals surface area contributed by atoms with Crippen LogP contribution in [0.3, 0.4) is 0 Å². The highest BCUT2D eigenvalue weighted by atomic mass is 16.5. The number of amides is 1. The van der Waals surface area contributed by atoms with Gasteiger partial charge in [-0.15, -0.1) is 0 Å². The fourth-order valence-electron chi connectivity index (χ4n) is 0.927. The quantitative estimate of drug-likeness (QED) is 0.498. The maximum Gasteiger partial charge on any atom is 0.328 e. The fraction of sp³-hybridized carbons (Fsp3) is 0.667. The van der Waals surface area contributed by atoms with Crippen LogP contribution in [0.1, 0.15) is 20.3 Å². The Labute approximate surface area is 92.9 Å². The summed E-state index contributed by atoms with van der Waals surface area (Å²) in [7, 11) is 0. The lowest BCUT2D eigenvalue weighted by Gasteiger charge is -2.15. The standard InChI is InChI=1S/C9H16N2O5/c1-3-16-9(15)5(2)11-8(14)6(10)4-7(12)13/h5-6H,3-4,10H2,1-2H3,(H,11,14)(H,12,13). The van der Waals surface area contributed by atoms with Crippen LogP contribution in [0.2, 0.25) is 0 Å². The van der Waals surface area contributed by atoms with Gasteiger partial charge >= 0.3 is 11.9 Å². The molecule has 7 heteroatoms. The molecule has 1 amide bonds. The SMILES string of the molecule is CCOC(=O)C(C)NC(=O)C(N)CC(=O)O. The predicted octanol–water partition coefficient (Wildman–Crippen LogP) is -1.14. The number of ether oxygens (including phenoxy) is 1. The van der Waals surface area contributed by atoms with Gasteiger partial charge in [-0.2, -0.15) is 0 Å².